The van der Waals surface area contributed by atoms with Crippen LogP contribution in [-0.2, 0) is 4.79 Å². The summed E-state index contributed by atoms with van der Waals surface area (Å²) in [7, 11) is 0. The maximum absolute atomic E-state index is 14.4. The van der Waals surface area contributed by atoms with Crippen molar-refractivity contribution in [3.63, 3.8) is 0 Å². The third-order valence-corrected chi connectivity index (χ3v) is 5.22. The fraction of sp³-hybridized carbons (Fsp3) is 0.320. The van der Waals surface area contributed by atoms with Crippen molar-refractivity contribution in [1.29, 1.82) is 0 Å². The van der Waals surface area contributed by atoms with Gasteiger partial charge in [0, 0.05) is 5.56 Å². The van der Waals surface area contributed by atoms with Crippen molar-refractivity contribution in [2.45, 2.75) is 39.5 Å². The van der Waals surface area contributed by atoms with E-state index in [1.54, 1.807) is 0 Å². The van der Waals surface area contributed by atoms with E-state index in [1.807, 2.05) is 44.2 Å². The molecule has 1 fully saturated rings. The van der Waals surface area contributed by atoms with Crippen molar-refractivity contribution < 1.29 is 18.3 Å². The van der Waals surface area contributed by atoms with E-state index in [9.17, 15) is 13.6 Å². The summed E-state index contributed by atoms with van der Waals surface area (Å²) in [6.07, 6.45) is 7.34. The van der Waals surface area contributed by atoms with Crippen LogP contribution in [-0.4, -0.2) is 5.97 Å². The SMILES string of the molecule is C/C=C/C1CCC(C(=O)Oc2ccc(C#Cc3ccc(C)cc3)c(F)c2F)CC1. The number of allylic oxidation sites excluding steroid dienone is 2. The molecule has 150 valence electrons. The normalized spacial score (nSPS) is 18.9. The minimum Gasteiger partial charge on any atom is -0.423 e. The highest BCUT2D eigenvalue weighted by Gasteiger charge is 2.28. The Morgan fingerprint density at radius 3 is 2.34 bits per heavy atom. The molecule has 0 radical (unpaired) electrons. The van der Waals surface area contributed by atoms with Gasteiger partial charge in [0.05, 0.1) is 11.5 Å². The Hall–Kier alpha value is -2.93. The van der Waals surface area contributed by atoms with Gasteiger partial charge in [-0.2, -0.15) is 4.39 Å². The van der Waals surface area contributed by atoms with Gasteiger partial charge in [0.15, 0.2) is 11.6 Å². The number of carbonyl (C=O) groups excluding carboxylic acids is 1. The highest BCUT2D eigenvalue weighted by atomic mass is 19.2. The van der Waals surface area contributed by atoms with Gasteiger partial charge in [-0.3, -0.25) is 4.79 Å². The number of benzene rings is 2. The summed E-state index contributed by atoms with van der Waals surface area (Å²) >= 11 is 0. The molecule has 3 rings (SSSR count). The second kappa shape index (κ2) is 9.52. The lowest BCUT2D eigenvalue weighted by molar-refractivity contribution is -0.140. The Labute approximate surface area is 170 Å². The number of ether oxygens (including phenoxy) is 1. The van der Waals surface area contributed by atoms with Gasteiger partial charge in [0.25, 0.3) is 0 Å². The summed E-state index contributed by atoms with van der Waals surface area (Å²) < 4.78 is 34.0. The predicted octanol–water partition coefficient (Wildman–Crippen LogP) is 5.96. The molecule has 1 aliphatic rings. The molecule has 0 N–H and O–H groups in total. The van der Waals surface area contributed by atoms with Gasteiger partial charge in [-0.15, -0.1) is 0 Å². The molecule has 2 aromatic rings. The monoisotopic (exact) mass is 394 g/mol. The highest BCUT2D eigenvalue weighted by molar-refractivity contribution is 5.75. The first-order valence-electron chi connectivity index (χ1n) is 9.89. The summed E-state index contributed by atoms with van der Waals surface area (Å²) in [5.74, 6) is 2.48. The molecule has 0 spiro atoms. The standard InChI is InChI=1S/C25H24F2O2/c1-3-4-18-10-13-21(14-11-18)25(28)29-22-16-15-20(23(26)24(22)27)12-9-19-7-5-17(2)6-8-19/h3-8,15-16,18,21H,10-11,13-14H2,1-2H3/b4-3+. The quantitative estimate of drug-likeness (QED) is 0.278. The van der Waals surface area contributed by atoms with Crippen LogP contribution in [0.5, 0.6) is 5.75 Å². The fourth-order valence-corrected chi connectivity index (χ4v) is 3.49. The number of aryl methyl sites for hydroxylation is 1. The first-order valence-corrected chi connectivity index (χ1v) is 9.89. The van der Waals surface area contributed by atoms with E-state index in [0.717, 1.165) is 18.4 Å². The zero-order valence-corrected chi connectivity index (χ0v) is 16.7. The zero-order valence-electron chi connectivity index (χ0n) is 16.7. The van der Waals surface area contributed by atoms with Crippen molar-refractivity contribution in [3.8, 4) is 17.6 Å². The minimum absolute atomic E-state index is 0.0743. The van der Waals surface area contributed by atoms with Gasteiger partial charge in [0.1, 0.15) is 0 Å². The Morgan fingerprint density at radius 2 is 1.69 bits per heavy atom. The zero-order chi connectivity index (χ0) is 20.8. The Morgan fingerprint density at radius 1 is 1.00 bits per heavy atom. The number of carbonyl (C=O) groups is 1. The molecular weight excluding hydrogens is 370 g/mol. The summed E-state index contributed by atoms with van der Waals surface area (Å²) in [6.45, 7) is 3.94. The molecule has 4 heteroatoms. The third-order valence-electron chi connectivity index (χ3n) is 5.22. The topological polar surface area (TPSA) is 26.3 Å². The first kappa shape index (κ1) is 20.8. The molecule has 29 heavy (non-hydrogen) atoms. The first-order chi connectivity index (χ1) is 14.0. The van der Waals surface area contributed by atoms with Crippen molar-refractivity contribution in [3.05, 3.63) is 76.9 Å². The van der Waals surface area contributed by atoms with Gasteiger partial charge in [-0.1, -0.05) is 41.7 Å². The smallest absolute Gasteiger partial charge is 0.314 e. The van der Waals surface area contributed by atoms with Gasteiger partial charge in [-0.05, 0) is 69.7 Å². The molecule has 0 atom stereocenters. The molecule has 0 unspecified atom stereocenters. The maximum atomic E-state index is 14.4. The van der Waals surface area contributed by atoms with Crippen molar-refractivity contribution in [1.82, 2.24) is 0 Å². The van der Waals surface area contributed by atoms with E-state index >= 15 is 0 Å². The Balaban J connectivity index is 1.68. The van der Waals surface area contributed by atoms with E-state index in [0.29, 0.717) is 24.3 Å². The molecule has 0 heterocycles. The second-order valence-electron chi connectivity index (χ2n) is 7.41. The third kappa shape index (κ3) is 5.32. The van der Waals surface area contributed by atoms with E-state index in [4.69, 9.17) is 4.74 Å². The molecule has 0 aliphatic heterocycles. The van der Waals surface area contributed by atoms with Gasteiger partial charge in [-0.25, -0.2) is 4.39 Å². The highest BCUT2D eigenvalue weighted by Crippen LogP contribution is 2.31. The Bertz CT molecular complexity index is 957. The van der Waals surface area contributed by atoms with E-state index in [-0.39, 0.29) is 17.2 Å². The number of hydrogen-bond acceptors (Lipinski definition) is 2. The molecule has 0 bridgehead atoms. The summed E-state index contributed by atoms with van der Waals surface area (Å²) in [6, 6.07) is 10.0. The summed E-state index contributed by atoms with van der Waals surface area (Å²) in [4.78, 5) is 12.4. The van der Waals surface area contributed by atoms with Crippen LogP contribution in [0.25, 0.3) is 0 Å². The van der Waals surface area contributed by atoms with Crippen LogP contribution < -0.4 is 4.74 Å². The van der Waals surface area contributed by atoms with E-state index in [1.165, 1.54) is 12.1 Å². The average molecular weight is 394 g/mol. The summed E-state index contributed by atoms with van der Waals surface area (Å²) in [5, 5.41) is 0. The number of rotatable bonds is 3. The van der Waals surface area contributed by atoms with Crippen molar-refractivity contribution in [2.24, 2.45) is 11.8 Å². The van der Waals surface area contributed by atoms with Crippen LogP contribution >= 0.6 is 0 Å². The van der Waals surface area contributed by atoms with E-state index in [2.05, 4.69) is 17.9 Å². The van der Waals surface area contributed by atoms with Gasteiger partial charge < -0.3 is 4.74 Å². The van der Waals surface area contributed by atoms with Gasteiger partial charge >= 0.3 is 5.97 Å². The molecule has 2 nitrogen and oxygen atoms in total. The maximum Gasteiger partial charge on any atom is 0.314 e. The Kier molecular flexibility index (Phi) is 6.82. The second-order valence-corrected chi connectivity index (χ2v) is 7.41. The number of halogens is 2. The van der Waals surface area contributed by atoms with Crippen molar-refractivity contribution >= 4 is 5.97 Å². The van der Waals surface area contributed by atoms with Crippen LogP contribution in [0.3, 0.4) is 0 Å². The fourth-order valence-electron chi connectivity index (χ4n) is 3.49. The van der Waals surface area contributed by atoms with Gasteiger partial charge in [0.2, 0.25) is 5.82 Å². The lowest BCUT2D eigenvalue weighted by atomic mass is 9.82. The van der Waals surface area contributed by atoms with E-state index < -0.39 is 17.6 Å². The van der Waals surface area contributed by atoms with Crippen molar-refractivity contribution in [2.75, 3.05) is 0 Å². The lowest BCUT2D eigenvalue weighted by Crippen LogP contribution is -2.25. The molecule has 0 amide bonds. The number of hydrogen-bond donors (Lipinski definition) is 0. The number of esters is 1. The molecule has 2 aromatic carbocycles. The molecule has 1 saturated carbocycles. The molecule has 0 saturated heterocycles. The van der Waals surface area contributed by atoms with Crippen LogP contribution in [0.1, 0.15) is 49.3 Å². The van der Waals surface area contributed by atoms with Crippen LogP contribution in [0.4, 0.5) is 8.78 Å². The largest absolute Gasteiger partial charge is 0.423 e. The molecule has 0 aromatic heterocycles. The van der Waals surface area contributed by atoms with Crippen LogP contribution in [0.15, 0.2) is 48.6 Å². The van der Waals surface area contributed by atoms with Crippen LogP contribution in [0, 0.1) is 42.2 Å². The molecular formula is C25H24F2O2. The predicted molar refractivity (Wildman–Crippen MR) is 109 cm³/mol. The average Bonchev–Trinajstić information content (AvgIpc) is 2.73. The summed E-state index contributed by atoms with van der Waals surface area (Å²) in [5.41, 5.74) is 1.73. The minimum atomic E-state index is -1.18. The lowest BCUT2D eigenvalue weighted by Gasteiger charge is -2.25. The molecule has 1 aliphatic carbocycles. The van der Waals surface area contributed by atoms with Crippen LogP contribution in [0.2, 0.25) is 0 Å².